The molecule has 0 amide bonds. The Kier molecular flexibility index (Phi) is 6.21. The molecule has 0 spiro atoms. The van der Waals surface area contributed by atoms with Gasteiger partial charge in [-0.25, -0.2) is 4.68 Å². The molecule has 1 aromatic carbocycles. The van der Waals surface area contributed by atoms with Crippen LogP contribution in [0.25, 0.3) is 0 Å². The first kappa shape index (κ1) is 18.8. The fourth-order valence-corrected chi connectivity index (χ4v) is 3.74. The second kappa shape index (κ2) is 8.60. The Morgan fingerprint density at radius 3 is 2.88 bits per heavy atom. The van der Waals surface area contributed by atoms with E-state index in [-0.39, 0.29) is 17.9 Å². The normalized spacial score (nSPS) is 19.2. The molecule has 1 fully saturated rings. The number of hydrogen-bond donors (Lipinski definition) is 0. The maximum Gasteiger partial charge on any atom is 0.310 e. The molecule has 0 radical (unpaired) electrons. The van der Waals surface area contributed by atoms with Crippen molar-refractivity contribution in [3.05, 3.63) is 47.0 Å². The molecule has 1 aliphatic rings. The van der Waals surface area contributed by atoms with Gasteiger partial charge in [0.25, 0.3) is 0 Å². The summed E-state index contributed by atoms with van der Waals surface area (Å²) in [6, 6.07) is 10.4. The van der Waals surface area contributed by atoms with Gasteiger partial charge in [0.1, 0.15) is 6.33 Å². The van der Waals surface area contributed by atoms with E-state index in [2.05, 4.69) is 29.1 Å². The van der Waals surface area contributed by atoms with Crippen molar-refractivity contribution in [2.45, 2.75) is 39.4 Å². The number of benzene rings is 1. The molecule has 140 valence electrons. The lowest BCUT2D eigenvalue weighted by Crippen LogP contribution is -2.40. The van der Waals surface area contributed by atoms with Crippen LogP contribution in [0.5, 0.6) is 0 Å². The van der Waals surface area contributed by atoms with Gasteiger partial charge in [-0.2, -0.15) is 5.10 Å². The number of rotatable bonds is 6. The molecule has 0 bridgehead atoms. The predicted octanol–water partition coefficient (Wildman–Crippen LogP) is 3.26. The first-order valence-electron chi connectivity index (χ1n) is 9.18. The van der Waals surface area contributed by atoms with Gasteiger partial charge < -0.3 is 4.74 Å². The quantitative estimate of drug-likeness (QED) is 0.574. The SMILES string of the molecule is CCOC(=O)[C@H]1CCCN(Cn2ncn([C@@H](C)c3ccccc3)c2=S)C1. The Balaban J connectivity index is 1.68. The van der Waals surface area contributed by atoms with Crippen molar-refractivity contribution in [2.24, 2.45) is 5.92 Å². The molecule has 7 heteroatoms. The van der Waals surface area contributed by atoms with Crippen LogP contribution in [0.3, 0.4) is 0 Å². The largest absolute Gasteiger partial charge is 0.466 e. The summed E-state index contributed by atoms with van der Waals surface area (Å²) in [5.41, 5.74) is 1.20. The van der Waals surface area contributed by atoms with Crippen molar-refractivity contribution in [2.75, 3.05) is 19.7 Å². The second-order valence-electron chi connectivity index (χ2n) is 6.72. The number of hydrogen-bond acceptors (Lipinski definition) is 5. The average molecular weight is 375 g/mol. The standard InChI is InChI=1S/C19H26N4O2S/c1-3-25-18(24)17-10-7-11-21(12-17)14-23-19(26)22(13-20-23)15(2)16-8-5-4-6-9-16/h4-6,8-9,13,15,17H,3,7,10-12,14H2,1-2H3/t15-,17-/m0/s1. The van der Waals surface area contributed by atoms with Crippen molar-refractivity contribution in [3.63, 3.8) is 0 Å². The Labute approximate surface area is 159 Å². The van der Waals surface area contributed by atoms with Crippen molar-refractivity contribution in [1.82, 2.24) is 19.2 Å². The van der Waals surface area contributed by atoms with Gasteiger partial charge in [-0.3, -0.25) is 14.3 Å². The van der Waals surface area contributed by atoms with Crippen LogP contribution in [-0.2, 0) is 16.2 Å². The van der Waals surface area contributed by atoms with Crippen molar-refractivity contribution in [3.8, 4) is 0 Å². The number of nitrogens with zero attached hydrogens (tertiary/aromatic N) is 4. The van der Waals surface area contributed by atoms with Crippen LogP contribution in [0.4, 0.5) is 0 Å². The summed E-state index contributed by atoms with van der Waals surface area (Å²) in [6.45, 7) is 6.64. The van der Waals surface area contributed by atoms with Crippen molar-refractivity contribution >= 4 is 18.2 Å². The molecule has 1 saturated heterocycles. The van der Waals surface area contributed by atoms with Gasteiger partial charge in [-0.1, -0.05) is 30.3 Å². The highest BCUT2D eigenvalue weighted by atomic mass is 32.1. The highest BCUT2D eigenvalue weighted by molar-refractivity contribution is 7.71. The molecule has 3 rings (SSSR count). The lowest BCUT2D eigenvalue weighted by atomic mass is 9.99. The van der Waals surface area contributed by atoms with E-state index in [1.807, 2.05) is 34.4 Å². The lowest BCUT2D eigenvalue weighted by molar-refractivity contribution is -0.150. The highest BCUT2D eigenvalue weighted by Gasteiger charge is 2.27. The van der Waals surface area contributed by atoms with Crippen LogP contribution in [0.1, 0.15) is 38.3 Å². The molecule has 2 atom stereocenters. The van der Waals surface area contributed by atoms with Gasteiger partial charge in [0.05, 0.1) is 25.2 Å². The number of aromatic nitrogens is 3. The number of carbonyl (C=O) groups excluding carboxylic acids is 1. The summed E-state index contributed by atoms with van der Waals surface area (Å²) in [6.07, 6.45) is 3.67. The van der Waals surface area contributed by atoms with Crippen LogP contribution in [0, 0.1) is 10.7 Å². The maximum atomic E-state index is 12.0. The fourth-order valence-electron chi connectivity index (χ4n) is 3.43. The van der Waals surface area contributed by atoms with Gasteiger partial charge in [-0.05, 0) is 51.0 Å². The number of carbonyl (C=O) groups is 1. The first-order valence-corrected chi connectivity index (χ1v) is 9.59. The van der Waals surface area contributed by atoms with Gasteiger partial charge in [0.15, 0.2) is 4.77 Å². The Morgan fingerprint density at radius 1 is 1.38 bits per heavy atom. The van der Waals surface area contributed by atoms with E-state index in [0.717, 1.165) is 19.4 Å². The summed E-state index contributed by atoms with van der Waals surface area (Å²) in [5.74, 6) is -0.146. The maximum absolute atomic E-state index is 12.0. The molecule has 2 heterocycles. The number of likely N-dealkylation sites (tertiary alicyclic amines) is 1. The highest BCUT2D eigenvalue weighted by Crippen LogP contribution is 2.20. The minimum Gasteiger partial charge on any atom is -0.466 e. The third-order valence-electron chi connectivity index (χ3n) is 4.92. The second-order valence-corrected chi connectivity index (χ2v) is 7.08. The molecule has 2 aromatic rings. The molecule has 0 aliphatic carbocycles. The predicted molar refractivity (Wildman–Crippen MR) is 102 cm³/mol. The molecule has 26 heavy (non-hydrogen) atoms. The first-order chi connectivity index (χ1) is 12.6. The molecule has 0 unspecified atom stereocenters. The van der Waals surface area contributed by atoms with Gasteiger partial charge >= 0.3 is 5.97 Å². The number of esters is 1. The van der Waals surface area contributed by atoms with Gasteiger partial charge in [0.2, 0.25) is 0 Å². The summed E-state index contributed by atoms with van der Waals surface area (Å²) in [7, 11) is 0. The molecular formula is C19H26N4O2S. The van der Waals surface area contributed by atoms with Crippen molar-refractivity contribution < 1.29 is 9.53 Å². The van der Waals surface area contributed by atoms with Crippen LogP contribution < -0.4 is 0 Å². The monoisotopic (exact) mass is 374 g/mol. The van der Waals surface area contributed by atoms with E-state index in [1.54, 1.807) is 6.33 Å². The topological polar surface area (TPSA) is 52.3 Å². The van der Waals surface area contributed by atoms with E-state index in [4.69, 9.17) is 17.0 Å². The van der Waals surface area contributed by atoms with Crippen LogP contribution in [-0.4, -0.2) is 44.9 Å². The summed E-state index contributed by atoms with van der Waals surface area (Å²) in [4.78, 5) is 14.2. The van der Waals surface area contributed by atoms with E-state index in [9.17, 15) is 4.79 Å². The third-order valence-corrected chi connectivity index (χ3v) is 5.34. The average Bonchev–Trinajstić information content (AvgIpc) is 3.03. The van der Waals surface area contributed by atoms with Gasteiger partial charge in [-0.15, -0.1) is 0 Å². The van der Waals surface area contributed by atoms with E-state index < -0.39 is 0 Å². The minimum absolute atomic E-state index is 0.0526. The molecule has 6 nitrogen and oxygen atoms in total. The molecule has 1 aromatic heterocycles. The Hall–Kier alpha value is -1.99. The smallest absolute Gasteiger partial charge is 0.310 e. The van der Waals surface area contributed by atoms with E-state index in [1.165, 1.54) is 5.56 Å². The van der Waals surface area contributed by atoms with E-state index in [0.29, 0.717) is 24.6 Å². The van der Waals surface area contributed by atoms with Gasteiger partial charge in [0, 0.05) is 6.54 Å². The molecule has 1 aliphatic heterocycles. The minimum atomic E-state index is -0.0935. The zero-order valence-corrected chi connectivity index (χ0v) is 16.2. The molecule has 0 saturated carbocycles. The third kappa shape index (κ3) is 4.22. The summed E-state index contributed by atoms with van der Waals surface area (Å²) >= 11 is 5.64. The Morgan fingerprint density at radius 2 is 2.15 bits per heavy atom. The lowest BCUT2D eigenvalue weighted by Gasteiger charge is -2.31. The van der Waals surface area contributed by atoms with E-state index >= 15 is 0 Å². The zero-order chi connectivity index (χ0) is 18.5. The van der Waals surface area contributed by atoms with Crippen LogP contribution in [0.2, 0.25) is 0 Å². The van der Waals surface area contributed by atoms with Crippen LogP contribution in [0.15, 0.2) is 36.7 Å². The zero-order valence-electron chi connectivity index (χ0n) is 15.4. The fraction of sp³-hybridized carbons (Fsp3) is 0.526. The molecule has 0 N–H and O–H groups in total. The number of piperidine rings is 1. The number of ether oxygens (including phenoxy) is 1. The summed E-state index contributed by atoms with van der Waals surface area (Å²) in [5, 5.41) is 4.48. The molecular weight excluding hydrogens is 348 g/mol. The summed E-state index contributed by atoms with van der Waals surface area (Å²) < 4.78 is 9.72. The van der Waals surface area contributed by atoms with Crippen molar-refractivity contribution in [1.29, 1.82) is 0 Å². The Bertz CT molecular complexity index is 786. The van der Waals surface area contributed by atoms with Crippen LogP contribution >= 0.6 is 12.2 Å².